The number of carbonyl (C=O) groups is 2. The van der Waals surface area contributed by atoms with Crippen LogP contribution in [0.4, 0.5) is 4.79 Å². The van der Waals surface area contributed by atoms with Crippen molar-refractivity contribution in [3.05, 3.63) is 11.3 Å². The summed E-state index contributed by atoms with van der Waals surface area (Å²) in [7, 11) is 0. The van der Waals surface area contributed by atoms with E-state index in [0.717, 1.165) is 24.8 Å². The van der Waals surface area contributed by atoms with Gasteiger partial charge in [0.05, 0.1) is 0 Å². The van der Waals surface area contributed by atoms with E-state index >= 15 is 0 Å². The average molecular weight is 182 g/mol. The second-order valence-electron chi connectivity index (χ2n) is 2.99. The van der Waals surface area contributed by atoms with Gasteiger partial charge in [-0.2, -0.15) is 0 Å². The van der Waals surface area contributed by atoms with Crippen LogP contribution >= 0.6 is 0 Å². The number of urea groups is 1. The molecule has 2 N–H and O–H groups in total. The van der Waals surface area contributed by atoms with Crippen molar-refractivity contribution in [2.45, 2.75) is 33.1 Å². The third-order valence-electron chi connectivity index (χ3n) is 2.02. The highest BCUT2D eigenvalue weighted by molar-refractivity contribution is 6.12. The van der Waals surface area contributed by atoms with Gasteiger partial charge in [0.1, 0.15) is 5.70 Å². The highest BCUT2D eigenvalue weighted by Gasteiger charge is 2.25. The molecule has 1 rings (SSSR count). The summed E-state index contributed by atoms with van der Waals surface area (Å²) in [5.74, 6) is -0.296. The van der Waals surface area contributed by atoms with Gasteiger partial charge in [0.2, 0.25) is 0 Å². The molecule has 3 amide bonds. The number of rotatable bonds is 3. The molecule has 1 heterocycles. The van der Waals surface area contributed by atoms with Crippen LogP contribution in [0.25, 0.3) is 0 Å². The van der Waals surface area contributed by atoms with E-state index in [1.54, 1.807) is 0 Å². The van der Waals surface area contributed by atoms with Crippen molar-refractivity contribution in [2.24, 2.45) is 0 Å². The first-order valence-electron chi connectivity index (χ1n) is 4.53. The van der Waals surface area contributed by atoms with E-state index in [0.29, 0.717) is 5.70 Å². The first kappa shape index (κ1) is 9.77. The average Bonchev–Trinajstić information content (AvgIpc) is 2.41. The molecular formula is C9H14N2O2. The lowest BCUT2D eigenvalue weighted by molar-refractivity contribution is -0.115. The quantitative estimate of drug-likeness (QED) is 0.510. The molecule has 0 saturated carbocycles. The van der Waals surface area contributed by atoms with Crippen molar-refractivity contribution in [3.8, 4) is 0 Å². The van der Waals surface area contributed by atoms with Crippen molar-refractivity contribution in [3.63, 3.8) is 0 Å². The molecule has 0 atom stereocenters. The van der Waals surface area contributed by atoms with Crippen molar-refractivity contribution in [2.75, 3.05) is 0 Å². The Labute approximate surface area is 77.4 Å². The predicted octanol–water partition coefficient (Wildman–Crippen LogP) is 1.29. The van der Waals surface area contributed by atoms with E-state index < -0.39 is 6.03 Å². The van der Waals surface area contributed by atoms with E-state index in [1.165, 1.54) is 0 Å². The lowest BCUT2D eigenvalue weighted by Crippen LogP contribution is -2.22. The Morgan fingerprint density at radius 2 is 1.92 bits per heavy atom. The summed E-state index contributed by atoms with van der Waals surface area (Å²) in [6.45, 7) is 4.03. The van der Waals surface area contributed by atoms with E-state index in [-0.39, 0.29) is 5.91 Å². The second kappa shape index (κ2) is 4.07. The van der Waals surface area contributed by atoms with Crippen LogP contribution in [-0.4, -0.2) is 11.9 Å². The SMILES string of the molecule is CCC/C(CC)=C1\NC(=O)NC1=O. The van der Waals surface area contributed by atoms with E-state index in [1.807, 2.05) is 13.8 Å². The first-order valence-corrected chi connectivity index (χ1v) is 4.53. The van der Waals surface area contributed by atoms with Gasteiger partial charge in [-0.1, -0.05) is 20.3 Å². The van der Waals surface area contributed by atoms with Crippen LogP contribution in [0.2, 0.25) is 0 Å². The summed E-state index contributed by atoms with van der Waals surface area (Å²) in [6.07, 6.45) is 2.65. The molecule has 1 aliphatic rings. The lowest BCUT2D eigenvalue weighted by atomic mass is 10.1. The molecule has 4 nitrogen and oxygen atoms in total. The molecule has 0 unspecified atom stereocenters. The van der Waals surface area contributed by atoms with Gasteiger partial charge in [0, 0.05) is 0 Å². The molecule has 0 radical (unpaired) electrons. The largest absolute Gasteiger partial charge is 0.326 e. The second-order valence-corrected chi connectivity index (χ2v) is 2.99. The summed E-state index contributed by atoms with van der Waals surface area (Å²) >= 11 is 0. The normalized spacial score (nSPS) is 19.8. The maximum Gasteiger partial charge on any atom is 0.326 e. The number of nitrogens with one attached hydrogen (secondary N) is 2. The maximum absolute atomic E-state index is 11.2. The Hall–Kier alpha value is -1.32. The van der Waals surface area contributed by atoms with Crippen LogP contribution in [0.5, 0.6) is 0 Å². The summed E-state index contributed by atoms with van der Waals surface area (Å²) in [5.41, 5.74) is 1.47. The number of imide groups is 1. The lowest BCUT2D eigenvalue weighted by Gasteiger charge is -2.04. The summed E-state index contributed by atoms with van der Waals surface area (Å²) in [4.78, 5) is 22.0. The third-order valence-corrected chi connectivity index (χ3v) is 2.02. The van der Waals surface area contributed by atoms with Crippen molar-refractivity contribution < 1.29 is 9.59 Å². The van der Waals surface area contributed by atoms with Crippen molar-refractivity contribution in [1.82, 2.24) is 10.6 Å². The molecule has 0 aliphatic carbocycles. The molecule has 0 aromatic rings. The summed E-state index contributed by atoms with van der Waals surface area (Å²) in [5, 5.41) is 4.71. The molecule has 1 saturated heterocycles. The van der Waals surface area contributed by atoms with Crippen LogP contribution in [0.1, 0.15) is 33.1 Å². The molecule has 0 spiro atoms. The molecule has 0 aromatic heterocycles. The standard InChI is InChI=1S/C9H14N2O2/c1-3-5-6(4-2)7-8(12)11-9(13)10-7/h3-5H2,1-2H3,(H2,10,11,12,13)/b7-6-. The Balaban J connectivity index is 2.87. The molecule has 1 aliphatic heterocycles. The Bertz CT molecular complexity index is 269. The number of hydrogen-bond donors (Lipinski definition) is 2. The van der Waals surface area contributed by atoms with E-state index in [9.17, 15) is 9.59 Å². The summed E-state index contributed by atoms with van der Waals surface area (Å²) in [6, 6.07) is -0.415. The van der Waals surface area contributed by atoms with E-state index in [2.05, 4.69) is 10.6 Å². The fraction of sp³-hybridized carbons (Fsp3) is 0.556. The Morgan fingerprint density at radius 3 is 2.31 bits per heavy atom. The topological polar surface area (TPSA) is 58.2 Å². The van der Waals surface area contributed by atoms with Gasteiger partial charge in [-0.15, -0.1) is 0 Å². The molecular weight excluding hydrogens is 168 g/mol. The summed E-state index contributed by atoms with van der Waals surface area (Å²) < 4.78 is 0. The minimum Gasteiger partial charge on any atom is -0.303 e. The van der Waals surface area contributed by atoms with Crippen molar-refractivity contribution in [1.29, 1.82) is 0 Å². The molecule has 0 bridgehead atoms. The first-order chi connectivity index (χ1) is 6.19. The van der Waals surface area contributed by atoms with Gasteiger partial charge in [0.15, 0.2) is 0 Å². The van der Waals surface area contributed by atoms with Crippen LogP contribution in [0.15, 0.2) is 11.3 Å². The van der Waals surface area contributed by atoms with Crippen LogP contribution < -0.4 is 10.6 Å². The predicted molar refractivity (Wildman–Crippen MR) is 48.9 cm³/mol. The molecule has 72 valence electrons. The molecule has 13 heavy (non-hydrogen) atoms. The highest BCUT2D eigenvalue weighted by Crippen LogP contribution is 2.15. The highest BCUT2D eigenvalue weighted by atomic mass is 16.2. The maximum atomic E-state index is 11.2. The van der Waals surface area contributed by atoms with Gasteiger partial charge < -0.3 is 5.32 Å². The van der Waals surface area contributed by atoms with Crippen LogP contribution in [0.3, 0.4) is 0 Å². The van der Waals surface area contributed by atoms with Gasteiger partial charge >= 0.3 is 6.03 Å². The Morgan fingerprint density at radius 1 is 1.23 bits per heavy atom. The molecule has 1 fully saturated rings. The third kappa shape index (κ3) is 2.08. The van der Waals surface area contributed by atoms with Crippen LogP contribution in [0, 0.1) is 0 Å². The minimum atomic E-state index is -0.415. The van der Waals surface area contributed by atoms with Gasteiger partial charge in [-0.3, -0.25) is 10.1 Å². The fourth-order valence-electron chi connectivity index (χ4n) is 1.40. The zero-order valence-electron chi connectivity index (χ0n) is 7.94. The van der Waals surface area contributed by atoms with Crippen LogP contribution in [-0.2, 0) is 4.79 Å². The number of carbonyl (C=O) groups excluding carboxylic acids is 2. The van der Waals surface area contributed by atoms with Gasteiger partial charge in [-0.25, -0.2) is 4.79 Å². The Kier molecular flexibility index (Phi) is 3.06. The van der Waals surface area contributed by atoms with Gasteiger partial charge in [0.25, 0.3) is 5.91 Å². The monoisotopic (exact) mass is 182 g/mol. The smallest absolute Gasteiger partial charge is 0.303 e. The van der Waals surface area contributed by atoms with Crippen molar-refractivity contribution >= 4 is 11.9 Å². The van der Waals surface area contributed by atoms with Gasteiger partial charge in [-0.05, 0) is 18.4 Å². The minimum absolute atomic E-state index is 0.296. The molecule has 4 heteroatoms. The zero-order chi connectivity index (χ0) is 9.84. The molecule has 0 aromatic carbocycles. The number of allylic oxidation sites excluding steroid dienone is 1. The van der Waals surface area contributed by atoms with E-state index in [4.69, 9.17) is 0 Å². The zero-order valence-corrected chi connectivity index (χ0v) is 7.94. The number of amides is 3. The number of hydrogen-bond acceptors (Lipinski definition) is 2. The fourth-order valence-corrected chi connectivity index (χ4v) is 1.40.